The van der Waals surface area contributed by atoms with Crippen molar-refractivity contribution in [3.05, 3.63) is 84.9 Å². The fraction of sp³-hybridized carbons (Fsp3) is 0.212. The summed E-state index contributed by atoms with van der Waals surface area (Å²) in [6.45, 7) is -0.921. The van der Waals surface area contributed by atoms with E-state index in [0.717, 1.165) is 4.31 Å². The van der Waals surface area contributed by atoms with E-state index >= 15 is 0 Å². The summed E-state index contributed by atoms with van der Waals surface area (Å²) in [6, 6.07) is 21.6. The molecule has 47 heavy (non-hydrogen) atoms. The van der Waals surface area contributed by atoms with E-state index in [1.807, 2.05) is 0 Å². The second-order valence-electron chi connectivity index (χ2n) is 9.68. The third-order valence-corrected chi connectivity index (χ3v) is 8.53. The van der Waals surface area contributed by atoms with Gasteiger partial charge >= 0.3 is 0 Å². The number of carbonyl (C=O) groups is 2. The summed E-state index contributed by atoms with van der Waals surface area (Å²) in [7, 11) is 3.04. The predicted octanol–water partition coefficient (Wildman–Crippen LogP) is 4.58. The van der Waals surface area contributed by atoms with Gasteiger partial charge in [-0.25, -0.2) is 8.42 Å². The highest BCUT2D eigenvalue weighted by molar-refractivity contribution is 7.92. The van der Waals surface area contributed by atoms with Crippen LogP contribution in [0, 0.1) is 0 Å². The molecule has 0 saturated carbocycles. The summed E-state index contributed by atoms with van der Waals surface area (Å²) in [5.74, 6) is 1.25. The first-order valence-electron chi connectivity index (χ1n) is 14.1. The number of hydrogen-bond acceptors (Lipinski definition) is 10. The Hall–Kier alpha value is -5.63. The largest absolute Gasteiger partial charge is 0.495 e. The lowest BCUT2D eigenvalue weighted by molar-refractivity contribution is -0.118. The molecule has 4 aromatic carbocycles. The number of rotatable bonds is 15. The fourth-order valence-corrected chi connectivity index (χ4v) is 5.91. The Morgan fingerprint density at radius 1 is 0.617 bits per heavy atom. The van der Waals surface area contributed by atoms with Crippen LogP contribution in [-0.2, 0) is 19.6 Å². The average Bonchev–Trinajstić information content (AvgIpc) is 3.09. The number of carbonyl (C=O) groups excluding carboxylic acids is 2. The van der Waals surface area contributed by atoms with E-state index < -0.39 is 28.4 Å². The second-order valence-corrected chi connectivity index (χ2v) is 11.5. The molecule has 0 aromatic heterocycles. The zero-order valence-electron chi connectivity index (χ0n) is 26.4. The number of benzene rings is 4. The molecule has 2 amide bonds. The third kappa shape index (κ3) is 8.35. The Labute approximate surface area is 273 Å². The van der Waals surface area contributed by atoms with Crippen molar-refractivity contribution in [1.82, 2.24) is 0 Å². The molecule has 0 spiro atoms. The van der Waals surface area contributed by atoms with Crippen LogP contribution in [-0.4, -0.2) is 68.9 Å². The van der Waals surface area contributed by atoms with Crippen molar-refractivity contribution < 1.29 is 46.4 Å². The highest BCUT2D eigenvalue weighted by atomic mass is 32.2. The van der Waals surface area contributed by atoms with Gasteiger partial charge < -0.3 is 39.1 Å². The summed E-state index contributed by atoms with van der Waals surface area (Å²) in [4.78, 5) is 25.6. The molecule has 2 N–H and O–H groups in total. The van der Waals surface area contributed by atoms with Crippen LogP contribution in [0.25, 0.3) is 0 Å². The standard InChI is InChI=1S/C33H35N3O10S/c1-41-27-9-7-6-8-26(27)36(20-32(37)34-22-10-16-28(42-2)30(18-22)44-4)47(39,40)25-14-12-24(13-15-25)46-21-33(38)35-23-11-17-29(43-3)31(19-23)45-5/h6-19H,20-21H2,1-5H3,(H,34,37)(H,35,38). The minimum Gasteiger partial charge on any atom is -0.495 e. The van der Waals surface area contributed by atoms with Crippen molar-refractivity contribution in [2.24, 2.45) is 0 Å². The number of sulfonamides is 1. The lowest BCUT2D eigenvalue weighted by Gasteiger charge is -2.25. The number of amides is 2. The number of para-hydroxylation sites is 2. The molecule has 0 bridgehead atoms. The van der Waals surface area contributed by atoms with Crippen molar-refractivity contribution in [2.45, 2.75) is 4.90 Å². The number of ether oxygens (including phenoxy) is 6. The minimum atomic E-state index is -4.31. The molecule has 0 aliphatic heterocycles. The van der Waals surface area contributed by atoms with E-state index in [2.05, 4.69) is 10.6 Å². The molecule has 0 atom stereocenters. The summed E-state index contributed by atoms with van der Waals surface area (Å²) < 4.78 is 60.9. The van der Waals surface area contributed by atoms with Crippen molar-refractivity contribution >= 4 is 38.9 Å². The quantitative estimate of drug-likeness (QED) is 0.185. The Balaban J connectivity index is 1.50. The van der Waals surface area contributed by atoms with Crippen molar-refractivity contribution in [2.75, 3.05) is 63.6 Å². The Bertz CT molecular complexity index is 1810. The van der Waals surface area contributed by atoms with E-state index in [9.17, 15) is 18.0 Å². The molecule has 4 rings (SSSR count). The first kappa shape index (κ1) is 34.2. The van der Waals surface area contributed by atoms with Crippen molar-refractivity contribution in [3.8, 4) is 34.5 Å². The van der Waals surface area contributed by atoms with Gasteiger partial charge in [0, 0.05) is 23.5 Å². The summed E-state index contributed by atoms with van der Waals surface area (Å²) in [5.41, 5.74) is 1.01. The number of methoxy groups -OCH3 is 5. The zero-order valence-corrected chi connectivity index (χ0v) is 27.3. The van der Waals surface area contributed by atoms with Gasteiger partial charge in [-0.2, -0.15) is 0 Å². The van der Waals surface area contributed by atoms with Gasteiger partial charge in [0.1, 0.15) is 18.0 Å². The average molecular weight is 666 g/mol. The van der Waals surface area contributed by atoms with Gasteiger partial charge in [-0.1, -0.05) is 12.1 Å². The van der Waals surface area contributed by atoms with Crippen molar-refractivity contribution in [3.63, 3.8) is 0 Å². The van der Waals surface area contributed by atoms with E-state index in [1.54, 1.807) is 54.6 Å². The Morgan fingerprint density at radius 3 is 1.66 bits per heavy atom. The fourth-order valence-electron chi connectivity index (χ4n) is 4.48. The minimum absolute atomic E-state index is 0.121. The summed E-state index contributed by atoms with van der Waals surface area (Å²) in [5, 5.41) is 5.40. The molecule has 0 heterocycles. The van der Waals surface area contributed by atoms with Crippen molar-refractivity contribution in [1.29, 1.82) is 0 Å². The molecule has 0 aliphatic carbocycles. The lowest BCUT2D eigenvalue weighted by atomic mass is 10.2. The molecule has 0 aliphatic rings. The van der Waals surface area contributed by atoms with E-state index in [0.29, 0.717) is 34.4 Å². The van der Waals surface area contributed by atoms with Gasteiger partial charge in [-0.3, -0.25) is 13.9 Å². The first-order valence-corrected chi connectivity index (χ1v) is 15.5. The molecule has 13 nitrogen and oxygen atoms in total. The molecule has 248 valence electrons. The van der Waals surface area contributed by atoms with Gasteiger partial charge in [-0.15, -0.1) is 0 Å². The van der Waals surface area contributed by atoms with Crippen LogP contribution >= 0.6 is 0 Å². The summed E-state index contributed by atoms with van der Waals surface area (Å²) in [6.07, 6.45) is 0. The molecular formula is C33H35N3O10S. The molecule has 0 unspecified atom stereocenters. The third-order valence-electron chi connectivity index (χ3n) is 6.76. The highest BCUT2D eigenvalue weighted by Crippen LogP contribution is 2.34. The molecule has 4 aromatic rings. The normalized spacial score (nSPS) is 10.7. The number of nitrogens with zero attached hydrogens (tertiary/aromatic N) is 1. The van der Waals surface area contributed by atoms with Crippen LogP contribution in [0.1, 0.15) is 0 Å². The van der Waals surface area contributed by atoms with Crippen LogP contribution < -0.4 is 43.4 Å². The van der Waals surface area contributed by atoms with Gasteiger partial charge in [0.2, 0.25) is 5.91 Å². The van der Waals surface area contributed by atoms with Crippen LogP contribution in [0.2, 0.25) is 0 Å². The molecule has 0 radical (unpaired) electrons. The molecule has 0 saturated heterocycles. The second kappa shape index (κ2) is 15.6. The lowest BCUT2D eigenvalue weighted by Crippen LogP contribution is -2.38. The van der Waals surface area contributed by atoms with Crippen LogP contribution in [0.4, 0.5) is 17.1 Å². The van der Waals surface area contributed by atoms with Gasteiger partial charge in [-0.05, 0) is 60.7 Å². The topological polar surface area (TPSA) is 151 Å². The van der Waals surface area contributed by atoms with E-state index in [1.165, 1.54) is 65.9 Å². The van der Waals surface area contributed by atoms with Gasteiger partial charge in [0.15, 0.2) is 29.6 Å². The first-order chi connectivity index (χ1) is 22.6. The Kier molecular flexibility index (Phi) is 11.4. The SMILES string of the molecule is COc1ccc(NC(=O)COc2ccc(S(=O)(=O)N(CC(=O)Nc3ccc(OC)c(OC)c3)c3ccccc3OC)cc2)cc1OC. The van der Waals surface area contributed by atoms with Gasteiger partial charge in [0.25, 0.3) is 15.9 Å². The zero-order chi connectivity index (χ0) is 34.0. The Morgan fingerprint density at radius 2 is 1.13 bits per heavy atom. The molecule has 0 fully saturated rings. The maximum Gasteiger partial charge on any atom is 0.264 e. The van der Waals surface area contributed by atoms with Crippen LogP contribution in [0.15, 0.2) is 89.8 Å². The highest BCUT2D eigenvalue weighted by Gasteiger charge is 2.29. The van der Waals surface area contributed by atoms with Crippen LogP contribution in [0.3, 0.4) is 0 Å². The number of nitrogens with one attached hydrogen (secondary N) is 2. The van der Waals surface area contributed by atoms with E-state index in [4.69, 9.17) is 28.4 Å². The number of hydrogen-bond donors (Lipinski definition) is 2. The maximum atomic E-state index is 14.0. The summed E-state index contributed by atoms with van der Waals surface area (Å²) >= 11 is 0. The molecule has 14 heteroatoms. The monoisotopic (exact) mass is 665 g/mol. The van der Waals surface area contributed by atoms with Gasteiger partial charge in [0.05, 0.1) is 46.1 Å². The van der Waals surface area contributed by atoms with Crippen LogP contribution in [0.5, 0.6) is 34.5 Å². The molecular weight excluding hydrogens is 630 g/mol. The smallest absolute Gasteiger partial charge is 0.264 e. The predicted molar refractivity (Wildman–Crippen MR) is 176 cm³/mol. The maximum absolute atomic E-state index is 14.0. The van der Waals surface area contributed by atoms with E-state index in [-0.39, 0.29) is 28.7 Å². The number of anilines is 3.